The van der Waals surface area contributed by atoms with E-state index in [1.807, 2.05) is 18.2 Å². The Balaban J connectivity index is 1.48. The van der Waals surface area contributed by atoms with Gasteiger partial charge in [0.25, 0.3) is 0 Å². The fraction of sp³-hybridized carbons (Fsp3) is 0.0526. The number of hydrogen-bond acceptors (Lipinski definition) is 5. The van der Waals surface area contributed by atoms with Crippen LogP contribution in [0, 0.1) is 5.82 Å². The number of thioether (sulfide) groups is 1. The van der Waals surface area contributed by atoms with Gasteiger partial charge in [-0.2, -0.15) is 9.61 Å². The van der Waals surface area contributed by atoms with Gasteiger partial charge in [-0.15, -0.1) is 10.2 Å². The van der Waals surface area contributed by atoms with Crippen molar-refractivity contribution in [3.63, 3.8) is 0 Å². The third kappa shape index (κ3) is 4.50. The lowest BCUT2D eigenvalue weighted by Gasteiger charge is -2.06. The van der Waals surface area contributed by atoms with E-state index in [0.29, 0.717) is 21.5 Å². The van der Waals surface area contributed by atoms with Gasteiger partial charge in [-0.3, -0.25) is 4.79 Å². The Hall–Kier alpha value is -2.68. The molecular weight excluding hydrogens is 436 g/mol. The van der Waals surface area contributed by atoms with Crippen LogP contribution in [0.1, 0.15) is 0 Å². The minimum Gasteiger partial charge on any atom is -0.325 e. The number of hydrogen-bond donors (Lipinski definition) is 1. The molecule has 0 fully saturated rings. The van der Waals surface area contributed by atoms with Crippen LogP contribution in [0.2, 0.25) is 10.0 Å². The summed E-state index contributed by atoms with van der Waals surface area (Å²) in [4.78, 5) is 12.2. The highest BCUT2D eigenvalue weighted by molar-refractivity contribution is 7.99. The van der Waals surface area contributed by atoms with Gasteiger partial charge in [-0.1, -0.05) is 47.1 Å². The average molecular weight is 448 g/mol. The van der Waals surface area contributed by atoms with Crippen molar-refractivity contribution in [1.82, 2.24) is 19.8 Å². The number of carbonyl (C=O) groups excluding carboxylic acids is 1. The van der Waals surface area contributed by atoms with Crippen LogP contribution in [0.25, 0.3) is 16.9 Å². The zero-order valence-electron chi connectivity index (χ0n) is 14.6. The Bertz CT molecular complexity index is 1200. The summed E-state index contributed by atoms with van der Waals surface area (Å²) in [6, 6.07) is 15.0. The first-order valence-corrected chi connectivity index (χ1v) is 10.1. The van der Waals surface area contributed by atoms with E-state index in [2.05, 4.69) is 20.6 Å². The molecule has 29 heavy (non-hydrogen) atoms. The first kappa shape index (κ1) is 19.6. The van der Waals surface area contributed by atoms with Crippen LogP contribution in [0.4, 0.5) is 10.1 Å². The molecule has 0 aliphatic rings. The average Bonchev–Trinajstić information content (AvgIpc) is 3.12. The number of aromatic nitrogens is 4. The largest absolute Gasteiger partial charge is 0.325 e. The summed E-state index contributed by atoms with van der Waals surface area (Å²) in [6.07, 6.45) is 0. The Morgan fingerprint density at radius 1 is 1.07 bits per heavy atom. The van der Waals surface area contributed by atoms with Gasteiger partial charge in [0.15, 0.2) is 5.65 Å². The van der Waals surface area contributed by atoms with Crippen LogP contribution in [-0.2, 0) is 4.79 Å². The lowest BCUT2D eigenvalue weighted by molar-refractivity contribution is -0.113. The van der Waals surface area contributed by atoms with E-state index in [4.69, 9.17) is 23.2 Å². The third-order valence-electron chi connectivity index (χ3n) is 3.91. The van der Waals surface area contributed by atoms with Crippen LogP contribution in [0.3, 0.4) is 0 Å². The Morgan fingerprint density at radius 3 is 2.62 bits per heavy atom. The maximum Gasteiger partial charge on any atom is 0.234 e. The summed E-state index contributed by atoms with van der Waals surface area (Å²) in [5, 5.41) is 16.4. The fourth-order valence-electron chi connectivity index (χ4n) is 2.53. The van der Waals surface area contributed by atoms with Crippen LogP contribution >= 0.6 is 35.0 Å². The maximum absolute atomic E-state index is 13.5. The molecule has 0 aliphatic heterocycles. The highest BCUT2D eigenvalue weighted by Gasteiger charge is 2.12. The summed E-state index contributed by atoms with van der Waals surface area (Å²) in [7, 11) is 0. The highest BCUT2D eigenvalue weighted by atomic mass is 35.5. The van der Waals surface area contributed by atoms with Gasteiger partial charge in [0, 0.05) is 16.3 Å². The van der Waals surface area contributed by atoms with Gasteiger partial charge in [-0.25, -0.2) is 4.39 Å². The molecule has 0 atom stereocenters. The molecule has 2 aromatic carbocycles. The molecule has 2 heterocycles. The number of halogens is 3. The number of nitrogens with one attached hydrogen (secondary N) is 1. The van der Waals surface area contributed by atoms with E-state index in [1.54, 1.807) is 22.7 Å². The number of rotatable bonds is 5. The first-order chi connectivity index (χ1) is 14.0. The van der Waals surface area contributed by atoms with Crippen LogP contribution in [0.5, 0.6) is 0 Å². The molecule has 0 bridgehead atoms. The molecule has 146 valence electrons. The molecule has 0 saturated carbocycles. The topological polar surface area (TPSA) is 72.2 Å². The minimum atomic E-state index is -0.598. The van der Waals surface area contributed by atoms with Gasteiger partial charge in [0.2, 0.25) is 11.1 Å². The fourth-order valence-corrected chi connectivity index (χ4v) is 3.47. The molecule has 0 saturated heterocycles. The standard InChI is InChI=1S/C19H12Cl2FN5OS/c20-12-3-1-11(2-4-12)16-7-8-17-24-25-19(27(17)26-16)29-10-18(28)23-13-5-6-14(21)15(22)9-13/h1-9H,10H2,(H,23,28). The molecule has 6 nitrogen and oxygen atoms in total. The molecular formula is C19H12Cl2FN5OS. The van der Waals surface area contributed by atoms with Crippen molar-refractivity contribution in [2.45, 2.75) is 5.16 Å². The molecule has 0 aliphatic carbocycles. The Morgan fingerprint density at radius 2 is 1.86 bits per heavy atom. The summed E-state index contributed by atoms with van der Waals surface area (Å²) >= 11 is 12.7. The molecule has 4 rings (SSSR count). The number of benzene rings is 2. The van der Waals surface area contributed by atoms with E-state index in [-0.39, 0.29) is 16.7 Å². The highest BCUT2D eigenvalue weighted by Crippen LogP contribution is 2.23. The zero-order chi connectivity index (χ0) is 20.4. The SMILES string of the molecule is O=C(CSc1nnc2ccc(-c3ccc(Cl)cc3)nn12)Nc1ccc(Cl)c(F)c1. The number of nitrogens with zero attached hydrogens (tertiary/aromatic N) is 4. The van der Waals surface area contributed by atoms with E-state index in [1.165, 1.54) is 23.9 Å². The minimum absolute atomic E-state index is 0.00475. The second-order valence-corrected chi connectivity index (χ2v) is 7.73. The Kier molecular flexibility index (Phi) is 5.66. The van der Waals surface area contributed by atoms with Crippen molar-refractivity contribution in [2.24, 2.45) is 0 Å². The second-order valence-electron chi connectivity index (χ2n) is 5.94. The quantitative estimate of drug-likeness (QED) is 0.437. The number of carbonyl (C=O) groups is 1. The summed E-state index contributed by atoms with van der Waals surface area (Å²) in [5.41, 5.74) is 2.50. The number of amides is 1. The zero-order valence-corrected chi connectivity index (χ0v) is 17.0. The lowest BCUT2D eigenvalue weighted by Crippen LogP contribution is -2.14. The third-order valence-corrected chi connectivity index (χ3v) is 5.39. The monoisotopic (exact) mass is 447 g/mol. The van der Waals surface area contributed by atoms with Crippen LogP contribution in [-0.4, -0.2) is 31.5 Å². The maximum atomic E-state index is 13.5. The van der Waals surface area contributed by atoms with Crippen molar-refractivity contribution in [3.8, 4) is 11.3 Å². The summed E-state index contributed by atoms with van der Waals surface area (Å²) < 4.78 is 15.1. The second kappa shape index (κ2) is 8.36. The molecule has 1 N–H and O–H groups in total. The molecule has 0 radical (unpaired) electrons. The predicted octanol–water partition coefficient (Wildman–Crippen LogP) is 4.97. The molecule has 0 spiro atoms. The molecule has 0 unspecified atom stereocenters. The van der Waals surface area contributed by atoms with Gasteiger partial charge in [0.1, 0.15) is 5.82 Å². The van der Waals surface area contributed by atoms with Crippen molar-refractivity contribution >= 4 is 52.2 Å². The summed E-state index contributed by atoms with van der Waals surface area (Å²) in [5.74, 6) is -0.862. The number of fused-ring (bicyclic) bond motifs is 1. The van der Waals surface area contributed by atoms with E-state index in [9.17, 15) is 9.18 Å². The summed E-state index contributed by atoms with van der Waals surface area (Å²) in [6.45, 7) is 0. The van der Waals surface area contributed by atoms with Crippen molar-refractivity contribution in [3.05, 3.63) is 70.5 Å². The molecule has 1 amide bonds. The molecule has 10 heteroatoms. The molecule has 2 aromatic heterocycles. The van der Waals surface area contributed by atoms with E-state index >= 15 is 0 Å². The first-order valence-electron chi connectivity index (χ1n) is 8.36. The molecule has 4 aromatic rings. The van der Waals surface area contributed by atoms with Crippen LogP contribution in [0.15, 0.2) is 59.8 Å². The van der Waals surface area contributed by atoms with Gasteiger partial charge in [-0.05, 0) is 42.5 Å². The van der Waals surface area contributed by atoms with Gasteiger partial charge >= 0.3 is 0 Å². The van der Waals surface area contributed by atoms with E-state index in [0.717, 1.165) is 17.3 Å². The van der Waals surface area contributed by atoms with Crippen molar-refractivity contribution in [2.75, 3.05) is 11.1 Å². The number of anilines is 1. The Labute approximate surface area is 179 Å². The normalized spacial score (nSPS) is 11.0. The lowest BCUT2D eigenvalue weighted by atomic mass is 10.1. The smallest absolute Gasteiger partial charge is 0.234 e. The van der Waals surface area contributed by atoms with E-state index < -0.39 is 5.82 Å². The van der Waals surface area contributed by atoms with Gasteiger partial charge < -0.3 is 5.32 Å². The van der Waals surface area contributed by atoms with Gasteiger partial charge in [0.05, 0.1) is 16.5 Å². The van der Waals surface area contributed by atoms with Crippen LogP contribution < -0.4 is 5.32 Å². The van der Waals surface area contributed by atoms with Crippen molar-refractivity contribution < 1.29 is 9.18 Å². The van der Waals surface area contributed by atoms with Crippen molar-refractivity contribution in [1.29, 1.82) is 0 Å². The predicted molar refractivity (Wildman–Crippen MR) is 112 cm³/mol.